The fourth-order valence-corrected chi connectivity index (χ4v) is 4.20. The molecule has 3 rings (SSSR count). The molecule has 0 bridgehead atoms. The van der Waals surface area contributed by atoms with Crippen LogP contribution in [-0.2, 0) is 9.53 Å². The molecule has 144 valence electrons. The fourth-order valence-electron chi connectivity index (χ4n) is 3.26. The van der Waals surface area contributed by atoms with E-state index in [1.54, 1.807) is 19.1 Å². The first kappa shape index (κ1) is 19.2. The Kier molecular flexibility index (Phi) is 5.95. The van der Waals surface area contributed by atoms with Gasteiger partial charge < -0.3 is 20.5 Å². The van der Waals surface area contributed by atoms with E-state index in [0.29, 0.717) is 42.9 Å². The van der Waals surface area contributed by atoms with E-state index in [1.807, 2.05) is 12.1 Å². The van der Waals surface area contributed by atoms with E-state index >= 15 is 0 Å². The van der Waals surface area contributed by atoms with Crippen molar-refractivity contribution in [2.75, 3.05) is 11.9 Å². The van der Waals surface area contributed by atoms with Gasteiger partial charge in [0, 0.05) is 16.4 Å². The van der Waals surface area contributed by atoms with Crippen LogP contribution in [0.2, 0.25) is 0 Å². The number of nitrogens with one attached hydrogen (secondary N) is 2. The van der Waals surface area contributed by atoms with Crippen molar-refractivity contribution < 1.29 is 24.2 Å². The van der Waals surface area contributed by atoms with E-state index in [-0.39, 0.29) is 24.0 Å². The Labute approximate surface area is 160 Å². The highest BCUT2D eigenvalue weighted by Crippen LogP contribution is 2.29. The van der Waals surface area contributed by atoms with Crippen LogP contribution in [0, 0.1) is 5.92 Å². The number of hydrogen-bond donors (Lipinski definition) is 3. The maximum Gasteiger partial charge on any atom is 0.348 e. The van der Waals surface area contributed by atoms with Gasteiger partial charge in [-0.3, -0.25) is 4.79 Å². The van der Waals surface area contributed by atoms with Crippen LogP contribution >= 0.6 is 11.3 Å². The number of anilines is 1. The van der Waals surface area contributed by atoms with Crippen LogP contribution in [0.5, 0.6) is 0 Å². The van der Waals surface area contributed by atoms with Crippen molar-refractivity contribution in [3.8, 4) is 0 Å². The van der Waals surface area contributed by atoms with E-state index in [4.69, 9.17) is 9.84 Å². The number of amides is 2. The Morgan fingerprint density at radius 1 is 1.19 bits per heavy atom. The fraction of sp³-hybridized carbons (Fsp3) is 0.421. The minimum absolute atomic E-state index is 0.0131. The summed E-state index contributed by atoms with van der Waals surface area (Å²) in [6, 6.07) is 6.89. The summed E-state index contributed by atoms with van der Waals surface area (Å²) in [5.41, 5.74) is 0.632. The second kappa shape index (κ2) is 8.39. The Morgan fingerprint density at radius 2 is 1.93 bits per heavy atom. The van der Waals surface area contributed by atoms with Gasteiger partial charge in [0.05, 0.1) is 12.5 Å². The van der Waals surface area contributed by atoms with Crippen molar-refractivity contribution in [3.63, 3.8) is 0 Å². The van der Waals surface area contributed by atoms with Crippen LogP contribution < -0.4 is 10.6 Å². The lowest BCUT2D eigenvalue weighted by atomic mass is 9.86. The molecule has 2 aromatic rings. The molecule has 1 aliphatic rings. The van der Waals surface area contributed by atoms with Crippen molar-refractivity contribution in [2.24, 2.45) is 5.92 Å². The van der Waals surface area contributed by atoms with Gasteiger partial charge in [-0.1, -0.05) is 0 Å². The van der Waals surface area contributed by atoms with Gasteiger partial charge >= 0.3 is 18.0 Å². The lowest BCUT2D eigenvalue weighted by Gasteiger charge is -2.26. The lowest BCUT2D eigenvalue weighted by Crippen LogP contribution is -2.40. The van der Waals surface area contributed by atoms with Crippen LogP contribution in [0.25, 0.3) is 10.1 Å². The largest absolute Gasteiger partial charge is 0.481 e. The molecule has 0 atom stereocenters. The average Bonchev–Trinajstić information content (AvgIpc) is 3.06. The molecule has 1 heterocycles. The predicted molar refractivity (Wildman–Crippen MR) is 103 cm³/mol. The highest BCUT2D eigenvalue weighted by Gasteiger charge is 2.26. The van der Waals surface area contributed by atoms with Crippen LogP contribution in [0.15, 0.2) is 24.3 Å². The van der Waals surface area contributed by atoms with Crippen LogP contribution in [-0.4, -0.2) is 35.7 Å². The molecule has 7 nitrogen and oxygen atoms in total. The van der Waals surface area contributed by atoms with Gasteiger partial charge in [0.2, 0.25) is 0 Å². The second-order valence-electron chi connectivity index (χ2n) is 6.57. The van der Waals surface area contributed by atoms with Gasteiger partial charge in [0.1, 0.15) is 4.88 Å². The number of hydrogen-bond acceptors (Lipinski definition) is 5. The number of fused-ring (bicyclic) bond motifs is 1. The van der Waals surface area contributed by atoms with E-state index in [9.17, 15) is 14.4 Å². The minimum Gasteiger partial charge on any atom is -0.481 e. The van der Waals surface area contributed by atoms with E-state index in [1.165, 1.54) is 11.3 Å². The number of aliphatic carboxylic acids is 1. The molecule has 0 radical (unpaired) electrons. The van der Waals surface area contributed by atoms with Crippen molar-refractivity contribution in [1.29, 1.82) is 0 Å². The smallest absolute Gasteiger partial charge is 0.348 e. The summed E-state index contributed by atoms with van der Waals surface area (Å²) in [5, 5.41) is 15.6. The first-order valence-corrected chi connectivity index (χ1v) is 9.79. The maximum absolute atomic E-state index is 12.2. The minimum atomic E-state index is -0.760. The van der Waals surface area contributed by atoms with Crippen molar-refractivity contribution in [1.82, 2.24) is 5.32 Å². The molecular weight excluding hydrogens is 368 g/mol. The summed E-state index contributed by atoms with van der Waals surface area (Å²) in [7, 11) is 0. The molecule has 1 aromatic carbocycles. The molecule has 1 aromatic heterocycles. The topological polar surface area (TPSA) is 105 Å². The lowest BCUT2D eigenvalue weighted by molar-refractivity contribution is -0.142. The van der Waals surface area contributed by atoms with Gasteiger partial charge in [-0.15, -0.1) is 11.3 Å². The molecule has 8 heteroatoms. The standard InChI is InChI=1S/C19H22N2O5S/c1-2-26-18(24)16-10-12-9-14(7-8-15(12)27-16)21-19(25)20-13-5-3-11(4-6-13)17(22)23/h7-11,13H,2-6H2,1H3,(H,22,23)(H2,20,21,25). The first-order chi connectivity index (χ1) is 13.0. The number of benzene rings is 1. The zero-order valence-corrected chi connectivity index (χ0v) is 15.8. The molecule has 3 N–H and O–H groups in total. The highest BCUT2D eigenvalue weighted by atomic mass is 32.1. The predicted octanol–water partition coefficient (Wildman–Crippen LogP) is 3.84. The summed E-state index contributed by atoms with van der Waals surface area (Å²) in [5.74, 6) is -1.41. The number of ether oxygens (including phenoxy) is 1. The molecule has 27 heavy (non-hydrogen) atoms. The first-order valence-electron chi connectivity index (χ1n) is 8.97. The Balaban J connectivity index is 1.58. The molecule has 2 amide bonds. The summed E-state index contributed by atoms with van der Waals surface area (Å²) in [6.07, 6.45) is 2.49. The molecule has 1 saturated carbocycles. The molecule has 0 unspecified atom stereocenters. The Morgan fingerprint density at radius 3 is 2.59 bits per heavy atom. The maximum atomic E-state index is 12.2. The van der Waals surface area contributed by atoms with Gasteiger partial charge in [0.25, 0.3) is 0 Å². The zero-order valence-electron chi connectivity index (χ0n) is 15.0. The number of thiophene rings is 1. The molecule has 0 aliphatic heterocycles. The molecule has 1 fully saturated rings. The Hall–Kier alpha value is -2.61. The van der Waals surface area contributed by atoms with Crippen molar-refractivity contribution >= 4 is 45.1 Å². The molecular formula is C19H22N2O5S. The van der Waals surface area contributed by atoms with Crippen LogP contribution in [0.3, 0.4) is 0 Å². The third-order valence-electron chi connectivity index (χ3n) is 4.66. The molecule has 1 aliphatic carbocycles. The zero-order chi connectivity index (χ0) is 19.4. The number of carbonyl (C=O) groups is 3. The summed E-state index contributed by atoms with van der Waals surface area (Å²) in [6.45, 7) is 2.09. The van der Waals surface area contributed by atoms with E-state index in [0.717, 1.165) is 10.1 Å². The average molecular weight is 390 g/mol. The normalized spacial score (nSPS) is 19.4. The summed E-state index contributed by atoms with van der Waals surface area (Å²) < 4.78 is 5.95. The number of rotatable bonds is 5. The van der Waals surface area contributed by atoms with Gasteiger partial charge in [-0.05, 0) is 62.3 Å². The monoisotopic (exact) mass is 390 g/mol. The van der Waals surface area contributed by atoms with Gasteiger partial charge in [-0.25, -0.2) is 9.59 Å². The number of carbonyl (C=O) groups excluding carboxylic acids is 2. The SMILES string of the molecule is CCOC(=O)c1cc2cc(NC(=O)NC3CCC(C(=O)O)CC3)ccc2s1. The van der Waals surface area contributed by atoms with Crippen molar-refractivity contribution in [3.05, 3.63) is 29.1 Å². The van der Waals surface area contributed by atoms with Crippen molar-refractivity contribution in [2.45, 2.75) is 38.6 Å². The molecule has 0 saturated heterocycles. The molecule has 0 spiro atoms. The van der Waals surface area contributed by atoms with Crippen LogP contribution in [0.4, 0.5) is 10.5 Å². The quantitative estimate of drug-likeness (QED) is 0.673. The number of carboxylic acid groups (broad SMARTS) is 1. The number of carboxylic acids is 1. The van der Waals surface area contributed by atoms with E-state index < -0.39 is 5.97 Å². The third kappa shape index (κ3) is 4.77. The Bertz CT molecular complexity index is 855. The summed E-state index contributed by atoms with van der Waals surface area (Å²) >= 11 is 1.35. The van der Waals surface area contributed by atoms with Gasteiger partial charge in [0.15, 0.2) is 0 Å². The summed E-state index contributed by atoms with van der Waals surface area (Å²) in [4.78, 5) is 35.6. The third-order valence-corrected chi connectivity index (χ3v) is 5.76. The number of urea groups is 1. The number of esters is 1. The van der Waals surface area contributed by atoms with E-state index in [2.05, 4.69) is 10.6 Å². The van der Waals surface area contributed by atoms with Gasteiger partial charge in [-0.2, -0.15) is 0 Å². The van der Waals surface area contributed by atoms with Crippen LogP contribution in [0.1, 0.15) is 42.3 Å². The second-order valence-corrected chi connectivity index (χ2v) is 7.65. The highest BCUT2D eigenvalue weighted by molar-refractivity contribution is 7.20.